The van der Waals surface area contributed by atoms with Gasteiger partial charge in [0.2, 0.25) is 0 Å². The topological polar surface area (TPSA) is 3.24 Å². The van der Waals surface area contributed by atoms with Crippen LogP contribution in [0.3, 0.4) is 0 Å². The summed E-state index contributed by atoms with van der Waals surface area (Å²) in [6, 6.07) is 0. The Hall–Kier alpha value is 2.34. The van der Waals surface area contributed by atoms with Crippen molar-refractivity contribution in [1.29, 1.82) is 0 Å². The predicted molar refractivity (Wildman–Crippen MR) is 49.7 cm³/mol. The fourth-order valence-corrected chi connectivity index (χ4v) is 2.14. The van der Waals surface area contributed by atoms with E-state index in [1.807, 2.05) is 4.42 Å². The standard InChI is InChI=1S/C9H18ClN.3ClH.Li.Zn/c1-8(2)6-5-7-9(3,4)11(8)10;;;;;/h5-7H2,1-4H3;3*1H;;/q;;;;+1;+2/p-3. The van der Waals surface area contributed by atoms with E-state index in [2.05, 4.69) is 27.7 Å². The number of piperidine rings is 1. The van der Waals surface area contributed by atoms with E-state index in [1.54, 1.807) is 0 Å². The Labute approximate surface area is 148 Å². The van der Waals surface area contributed by atoms with Gasteiger partial charge in [0.15, 0.2) is 0 Å². The Morgan fingerprint density at radius 3 is 1.31 bits per heavy atom. The first-order valence-electron chi connectivity index (χ1n) is 4.32. The summed E-state index contributed by atoms with van der Waals surface area (Å²) < 4.78 is 1.99. The molecule has 0 amide bonds. The first-order chi connectivity index (χ1) is 4.86. The summed E-state index contributed by atoms with van der Waals surface area (Å²) in [6.45, 7) is 8.84. The predicted octanol–water partition coefficient (Wildman–Crippen LogP) is -8.80. The summed E-state index contributed by atoms with van der Waals surface area (Å²) in [5.74, 6) is 0. The Morgan fingerprint density at radius 1 is 0.875 bits per heavy atom. The molecule has 1 fully saturated rings. The molecule has 0 aromatic heterocycles. The average Bonchev–Trinajstić information content (AvgIpc) is 1.82. The van der Waals surface area contributed by atoms with Crippen molar-refractivity contribution in [3.8, 4) is 0 Å². The van der Waals surface area contributed by atoms with Crippen LogP contribution >= 0.6 is 11.8 Å². The van der Waals surface area contributed by atoms with E-state index in [0.29, 0.717) is 0 Å². The molecule has 0 N–H and O–H groups in total. The summed E-state index contributed by atoms with van der Waals surface area (Å²) in [5, 5.41) is 0. The van der Waals surface area contributed by atoms with Crippen molar-refractivity contribution in [1.82, 2.24) is 4.42 Å². The maximum absolute atomic E-state index is 6.23. The fourth-order valence-electron chi connectivity index (χ4n) is 1.97. The minimum absolute atomic E-state index is 0. The van der Waals surface area contributed by atoms with Gasteiger partial charge in [-0.3, -0.25) is 0 Å². The number of halogens is 4. The molecule has 1 nitrogen and oxygen atoms in total. The van der Waals surface area contributed by atoms with E-state index in [-0.39, 0.29) is 86.6 Å². The molecule has 0 spiro atoms. The molecular weight excluding hydrogens is 336 g/mol. The molecule has 1 heterocycles. The molecule has 1 aliphatic rings. The van der Waals surface area contributed by atoms with Crippen molar-refractivity contribution in [2.24, 2.45) is 0 Å². The smallest absolute Gasteiger partial charge is 1.00 e. The van der Waals surface area contributed by atoms with Gasteiger partial charge in [-0.2, -0.15) is 0 Å². The van der Waals surface area contributed by atoms with Crippen molar-refractivity contribution in [2.45, 2.75) is 58.0 Å². The van der Waals surface area contributed by atoms with Gasteiger partial charge in [0.25, 0.3) is 0 Å². The average molecular weight is 354 g/mol. The minimum Gasteiger partial charge on any atom is -1.00 e. The van der Waals surface area contributed by atoms with E-state index in [4.69, 9.17) is 11.8 Å². The Morgan fingerprint density at radius 2 is 1.12 bits per heavy atom. The van der Waals surface area contributed by atoms with Crippen LogP contribution < -0.4 is 56.1 Å². The summed E-state index contributed by atoms with van der Waals surface area (Å²) in [6.07, 6.45) is 3.71. The first-order valence-corrected chi connectivity index (χ1v) is 4.66. The van der Waals surface area contributed by atoms with Crippen LogP contribution in [0.5, 0.6) is 0 Å². The monoisotopic (exact) mass is 351 g/mol. The zero-order valence-corrected chi connectivity index (χ0v) is 16.8. The zero-order valence-electron chi connectivity index (χ0n) is 10.8. The first kappa shape index (κ1) is 31.0. The van der Waals surface area contributed by atoms with Crippen LogP contribution in [0.1, 0.15) is 47.0 Å². The van der Waals surface area contributed by atoms with E-state index >= 15 is 0 Å². The summed E-state index contributed by atoms with van der Waals surface area (Å²) >= 11 is 6.23. The summed E-state index contributed by atoms with van der Waals surface area (Å²) in [5.41, 5.74) is 0.340. The van der Waals surface area contributed by atoms with E-state index in [1.165, 1.54) is 19.3 Å². The molecular formula is C9H18Cl4LiNZn. The third kappa shape index (κ3) is 7.70. The third-order valence-corrected chi connectivity index (χ3v) is 3.56. The molecule has 1 rings (SSSR count). The molecule has 0 aliphatic carbocycles. The molecule has 0 saturated carbocycles. The van der Waals surface area contributed by atoms with Crippen LogP contribution in [0, 0.1) is 0 Å². The molecule has 0 bridgehead atoms. The van der Waals surface area contributed by atoms with Crippen molar-refractivity contribution in [3.05, 3.63) is 0 Å². The molecule has 7 heteroatoms. The Bertz CT molecular complexity index is 154. The van der Waals surface area contributed by atoms with Gasteiger partial charge in [0.1, 0.15) is 0 Å². The largest absolute Gasteiger partial charge is 2.00 e. The maximum atomic E-state index is 6.23. The van der Waals surface area contributed by atoms with E-state index < -0.39 is 0 Å². The van der Waals surface area contributed by atoms with Crippen LogP contribution in [-0.4, -0.2) is 15.5 Å². The normalized spacial score (nSPS) is 20.8. The summed E-state index contributed by atoms with van der Waals surface area (Å²) in [7, 11) is 0. The molecule has 0 aromatic rings. The molecule has 0 aromatic carbocycles. The second-order valence-corrected chi connectivity index (χ2v) is 5.10. The van der Waals surface area contributed by atoms with Gasteiger partial charge in [-0.25, -0.2) is 4.42 Å². The van der Waals surface area contributed by atoms with Gasteiger partial charge in [-0.15, -0.1) is 0 Å². The molecule has 1 saturated heterocycles. The molecule has 0 atom stereocenters. The second kappa shape index (κ2) is 11.2. The summed E-state index contributed by atoms with van der Waals surface area (Å²) in [4.78, 5) is 0. The maximum Gasteiger partial charge on any atom is 2.00 e. The fraction of sp³-hybridized carbons (Fsp3) is 1.00. The number of rotatable bonds is 0. The molecule has 90 valence electrons. The van der Waals surface area contributed by atoms with Gasteiger partial charge in [-0.05, 0) is 58.7 Å². The van der Waals surface area contributed by atoms with Crippen molar-refractivity contribution in [3.63, 3.8) is 0 Å². The number of nitrogens with zero attached hydrogens (tertiary/aromatic N) is 1. The van der Waals surface area contributed by atoms with E-state index in [9.17, 15) is 0 Å². The van der Waals surface area contributed by atoms with Gasteiger partial charge < -0.3 is 37.2 Å². The van der Waals surface area contributed by atoms with Gasteiger partial charge in [0.05, 0.1) is 0 Å². The van der Waals surface area contributed by atoms with Crippen LogP contribution in [0.4, 0.5) is 0 Å². The SMILES string of the molecule is CC1(C)CCCC(C)(C)N1Cl.[Cl-].[Cl-].[Cl-].[Li+].[Zn+2]. The van der Waals surface area contributed by atoms with Gasteiger partial charge in [-0.1, -0.05) is 0 Å². The van der Waals surface area contributed by atoms with Crippen molar-refractivity contribution in [2.75, 3.05) is 0 Å². The van der Waals surface area contributed by atoms with Crippen LogP contribution in [-0.2, 0) is 19.5 Å². The van der Waals surface area contributed by atoms with Crippen molar-refractivity contribution < 1.29 is 75.6 Å². The third-order valence-electron chi connectivity index (χ3n) is 2.64. The number of hydrogen-bond acceptors (Lipinski definition) is 1. The van der Waals surface area contributed by atoms with Crippen LogP contribution in [0.15, 0.2) is 0 Å². The van der Waals surface area contributed by atoms with Crippen LogP contribution in [0.25, 0.3) is 0 Å². The van der Waals surface area contributed by atoms with Crippen molar-refractivity contribution >= 4 is 11.8 Å². The quantitative estimate of drug-likeness (QED) is 0.309. The molecule has 16 heavy (non-hydrogen) atoms. The second-order valence-electron chi connectivity index (χ2n) is 4.76. The van der Waals surface area contributed by atoms with Gasteiger partial charge in [0, 0.05) is 11.1 Å². The Kier molecular flexibility index (Phi) is 21.7. The Balaban J connectivity index is -0.0000000807. The minimum atomic E-state index is 0. The molecule has 0 unspecified atom stereocenters. The molecule has 1 aliphatic heterocycles. The molecule has 0 radical (unpaired) electrons. The van der Waals surface area contributed by atoms with Gasteiger partial charge >= 0.3 is 38.3 Å². The van der Waals surface area contributed by atoms with E-state index in [0.717, 1.165) is 0 Å². The van der Waals surface area contributed by atoms with Crippen LogP contribution in [0.2, 0.25) is 0 Å². The zero-order chi connectivity index (χ0) is 8.70. The number of hydrogen-bond donors (Lipinski definition) is 0.